The molecule has 0 saturated heterocycles. The fourth-order valence-electron chi connectivity index (χ4n) is 1.82. The first-order chi connectivity index (χ1) is 8.28. The molecule has 0 atom stereocenters. The van der Waals surface area contributed by atoms with Crippen LogP contribution in [-0.4, -0.2) is 37.3 Å². The van der Waals surface area contributed by atoms with Crippen molar-refractivity contribution in [1.82, 2.24) is 9.97 Å². The number of nitrogens with one attached hydrogen (secondary N) is 1. The Morgan fingerprint density at radius 1 is 1.41 bits per heavy atom. The van der Waals surface area contributed by atoms with E-state index in [1.165, 1.54) is 12.8 Å². The van der Waals surface area contributed by atoms with Crippen molar-refractivity contribution in [1.29, 1.82) is 0 Å². The summed E-state index contributed by atoms with van der Waals surface area (Å²) in [7, 11) is 3.35. The average Bonchev–Trinajstić information content (AvgIpc) is 3.15. The van der Waals surface area contributed by atoms with Crippen LogP contribution in [0, 0.1) is 5.41 Å². The van der Waals surface area contributed by atoms with E-state index < -0.39 is 0 Å². The van der Waals surface area contributed by atoms with Crippen molar-refractivity contribution in [2.45, 2.75) is 19.3 Å². The fraction of sp³-hybridized carbons (Fsp3) is 0.667. The molecule has 0 spiro atoms. The second-order valence-electron chi connectivity index (χ2n) is 4.52. The highest BCUT2D eigenvalue weighted by molar-refractivity contribution is 5.28. The molecule has 1 N–H and O–H groups in total. The first-order valence-electron chi connectivity index (χ1n) is 5.88. The number of anilines is 1. The molecule has 0 unspecified atom stereocenters. The Balaban J connectivity index is 1.85. The summed E-state index contributed by atoms with van der Waals surface area (Å²) in [5.41, 5.74) is 0.391. The zero-order valence-electron chi connectivity index (χ0n) is 10.4. The van der Waals surface area contributed by atoms with Crippen LogP contribution in [-0.2, 0) is 4.74 Å². The first-order valence-corrected chi connectivity index (χ1v) is 5.88. The summed E-state index contributed by atoms with van der Waals surface area (Å²) in [4.78, 5) is 8.39. The molecule has 1 aromatic rings. The van der Waals surface area contributed by atoms with Gasteiger partial charge in [-0.3, -0.25) is 0 Å². The molecule has 17 heavy (non-hydrogen) atoms. The predicted octanol–water partition coefficient (Wildman–Crippen LogP) is 1.71. The lowest BCUT2D eigenvalue weighted by atomic mass is 10.0. The third-order valence-electron chi connectivity index (χ3n) is 3.25. The van der Waals surface area contributed by atoms with Gasteiger partial charge >= 0.3 is 0 Å². The Hall–Kier alpha value is -1.36. The monoisotopic (exact) mass is 237 g/mol. The Morgan fingerprint density at radius 3 is 2.88 bits per heavy atom. The maximum absolute atomic E-state index is 5.13. The van der Waals surface area contributed by atoms with Gasteiger partial charge in [0, 0.05) is 32.5 Å². The lowest BCUT2D eigenvalue weighted by molar-refractivity contribution is 0.174. The third kappa shape index (κ3) is 3.30. The van der Waals surface area contributed by atoms with E-state index in [-0.39, 0.29) is 0 Å². The van der Waals surface area contributed by atoms with Gasteiger partial charge in [0.2, 0.25) is 11.8 Å². The highest BCUT2D eigenvalue weighted by Crippen LogP contribution is 2.48. The van der Waals surface area contributed by atoms with Gasteiger partial charge in [0.25, 0.3) is 0 Å². The zero-order valence-corrected chi connectivity index (χ0v) is 10.4. The standard InChI is InChI=1S/C12H19N3O2/c1-16-8-6-12(4-5-12)9-14-11-13-7-3-10(15-11)17-2/h3,7H,4-6,8-9H2,1-2H3,(H,13,14,15). The highest BCUT2D eigenvalue weighted by Gasteiger charge is 2.41. The van der Waals surface area contributed by atoms with Gasteiger partial charge in [0.15, 0.2) is 0 Å². The van der Waals surface area contributed by atoms with Crippen LogP contribution < -0.4 is 10.1 Å². The molecule has 2 rings (SSSR count). The van der Waals surface area contributed by atoms with Crippen molar-refractivity contribution in [2.75, 3.05) is 32.7 Å². The Labute approximate surface area is 102 Å². The second-order valence-corrected chi connectivity index (χ2v) is 4.52. The Morgan fingerprint density at radius 2 is 2.24 bits per heavy atom. The van der Waals surface area contributed by atoms with Crippen LogP contribution in [0.5, 0.6) is 5.88 Å². The van der Waals surface area contributed by atoms with E-state index in [4.69, 9.17) is 9.47 Å². The smallest absolute Gasteiger partial charge is 0.225 e. The second kappa shape index (κ2) is 5.31. The van der Waals surface area contributed by atoms with Gasteiger partial charge in [0.1, 0.15) is 0 Å². The van der Waals surface area contributed by atoms with E-state index in [0.717, 1.165) is 19.6 Å². The van der Waals surface area contributed by atoms with Gasteiger partial charge in [-0.25, -0.2) is 4.98 Å². The number of hydrogen-bond donors (Lipinski definition) is 1. The molecular weight excluding hydrogens is 218 g/mol. The fourth-order valence-corrected chi connectivity index (χ4v) is 1.82. The summed E-state index contributed by atoms with van der Waals surface area (Å²) in [6.45, 7) is 1.73. The van der Waals surface area contributed by atoms with Crippen LogP contribution in [0.25, 0.3) is 0 Å². The van der Waals surface area contributed by atoms with E-state index >= 15 is 0 Å². The van der Waals surface area contributed by atoms with Crippen LogP contribution in [0.15, 0.2) is 12.3 Å². The quantitative estimate of drug-likeness (QED) is 0.782. The van der Waals surface area contributed by atoms with E-state index in [9.17, 15) is 0 Å². The summed E-state index contributed by atoms with van der Waals surface area (Å²) in [5.74, 6) is 1.22. The van der Waals surface area contributed by atoms with Crippen molar-refractivity contribution in [2.24, 2.45) is 5.41 Å². The van der Waals surface area contributed by atoms with Crippen LogP contribution in [0.2, 0.25) is 0 Å². The summed E-state index contributed by atoms with van der Waals surface area (Å²) in [6.07, 6.45) is 5.31. The van der Waals surface area contributed by atoms with E-state index in [1.807, 2.05) is 0 Å². The van der Waals surface area contributed by atoms with Crippen molar-refractivity contribution in [3.05, 3.63) is 12.3 Å². The molecule has 1 aliphatic carbocycles. The van der Waals surface area contributed by atoms with Crippen LogP contribution >= 0.6 is 0 Å². The molecule has 5 nitrogen and oxygen atoms in total. The summed E-state index contributed by atoms with van der Waals surface area (Å²) in [6, 6.07) is 1.74. The molecule has 1 heterocycles. The predicted molar refractivity (Wildman–Crippen MR) is 65.2 cm³/mol. The van der Waals surface area contributed by atoms with Crippen LogP contribution in [0.1, 0.15) is 19.3 Å². The Bertz CT molecular complexity index is 367. The van der Waals surface area contributed by atoms with Crippen molar-refractivity contribution in [3.63, 3.8) is 0 Å². The number of nitrogens with zero attached hydrogens (tertiary/aromatic N) is 2. The maximum Gasteiger partial charge on any atom is 0.225 e. The average molecular weight is 237 g/mol. The lowest BCUT2D eigenvalue weighted by Crippen LogP contribution is -2.18. The van der Waals surface area contributed by atoms with Gasteiger partial charge in [0.05, 0.1) is 7.11 Å². The van der Waals surface area contributed by atoms with Gasteiger partial charge in [-0.15, -0.1) is 0 Å². The molecule has 1 fully saturated rings. The third-order valence-corrected chi connectivity index (χ3v) is 3.25. The molecule has 1 saturated carbocycles. The molecule has 0 aliphatic heterocycles. The molecule has 0 aromatic carbocycles. The number of ether oxygens (including phenoxy) is 2. The molecule has 1 aliphatic rings. The summed E-state index contributed by atoms with van der Waals surface area (Å²) >= 11 is 0. The molecule has 5 heteroatoms. The molecular formula is C12H19N3O2. The Kier molecular flexibility index (Phi) is 3.78. The summed E-state index contributed by atoms with van der Waals surface area (Å²) in [5, 5.41) is 3.27. The van der Waals surface area contributed by atoms with Crippen molar-refractivity contribution < 1.29 is 9.47 Å². The number of rotatable bonds is 7. The minimum atomic E-state index is 0.391. The number of hydrogen-bond acceptors (Lipinski definition) is 5. The lowest BCUT2D eigenvalue weighted by Gasteiger charge is -2.15. The van der Waals surface area contributed by atoms with Crippen molar-refractivity contribution >= 4 is 5.95 Å². The zero-order chi connectivity index (χ0) is 12.1. The molecule has 0 bridgehead atoms. The molecule has 0 amide bonds. The van der Waals surface area contributed by atoms with Crippen molar-refractivity contribution in [3.8, 4) is 5.88 Å². The minimum absolute atomic E-state index is 0.391. The molecule has 94 valence electrons. The SMILES string of the molecule is COCCC1(CNc2nccc(OC)n2)CC1. The van der Waals surface area contributed by atoms with E-state index in [0.29, 0.717) is 17.2 Å². The highest BCUT2D eigenvalue weighted by atomic mass is 16.5. The summed E-state index contributed by atoms with van der Waals surface area (Å²) < 4.78 is 10.2. The van der Waals surface area contributed by atoms with Gasteiger partial charge in [-0.2, -0.15) is 4.98 Å². The van der Waals surface area contributed by atoms with Gasteiger partial charge in [-0.1, -0.05) is 0 Å². The topological polar surface area (TPSA) is 56.3 Å². The maximum atomic E-state index is 5.13. The normalized spacial score (nSPS) is 16.6. The van der Waals surface area contributed by atoms with E-state index in [1.54, 1.807) is 26.5 Å². The van der Waals surface area contributed by atoms with Crippen LogP contribution in [0.3, 0.4) is 0 Å². The molecule has 1 aromatic heterocycles. The number of aromatic nitrogens is 2. The molecule has 0 radical (unpaired) electrons. The number of methoxy groups -OCH3 is 2. The van der Waals surface area contributed by atoms with Gasteiger partial charge in [-0.05, 0) is 24.7 Å². The van der Waals surface area contributed by atoms with E-state index in [2.05, 4.69) is 15.3 Å². The largest absolute Gasteiger partial charge is 0.481 e. The van der Waals surface area contributed by atoms with Gasteiger partial charge < -0.3 is 14.8 Å². The van der Waals surface area contributed by atoms with Crippen LogP contribution in [0.4, 0.5) is 5.95 Å². The minimum Gasteiger partial charge on any atom is -0.481 e. The first kappa shape index (κ1) is 12.1.